The van der Waals surface area contributed by atoms with Gasteiger partial charge in [-0.3, -0.25) is 10.1 Å². The lowest BCUT2D eigenvalue weighted by Crippen LogP contribution is -2.70. The van der Waals surface area contributed by atoms with Gasteiger partial charge in [-0.25, -0.2) is 8.42 Å². The van der Waals surface area contributed by atoms with Gasteiger partial charge in [0.05, 0.1) is 9.82 Å². The Balaban J connectivity index is 1.37. The number of hydrogen-bond donors (Lipinski definition) is 0. The minimum absolute atomic E-state index is 0.0749. The molecule has 0 amide bonds. The van der Waals surface area contributed by atoms with Crippen LogP contribution in [-0.4, -0.2) is 62.6 Å². The first-order chi connectivity index (χ1) is 13.8. The number of fused-ring (bicyclic) bond motifs is 3. The first kappa shape index (κ1) is 17.9. The van der Waals surface area contributed by atoms with Crippen LogP contribution in [0.5, 0.6) is 0 Å². The second-order valence-corrected chi connectivity index (χ2v) is 9.09. The van der Waals surface area contributed by atoms with E-state index in [0.717, 1.165) is 12.2 Å². The molecule has 3 aromatic rings. The summed E-state index contributed by atoms with van der Waals surface area (Å²) in [4.78, 5) is 12.4. The van der Waals surface area contributed by atoms with Crippen molar-refractivity contribution < 1.29 is 13.3 Å². The van der Waals surface area contributed by atoms with Crippen molar-refractivity contribution in [1.29, 1.82) is 0 Å². The Bertz CT molecular complexity index is 1210. The van der Waals surface area contributed by atoms with Crippen molar-refractivity contribution in [3.63, 3.8) is 0 Å². The van der Waals surface area contributed by atoms with E-state index in [0.29, 0.717) is 24.6 Å². The van der Waals surface area contributed by atoms with Gasteiger partial charge in [-0.1, -0.05) is 0 Å². The number of non-ortho nitro benzene ring substituents is 1. The quantitative estimate of drug-likeness (QED) is 0.456. The molecule has 150 valence electrons. The third-order valence-electron chi connectivity index (χ3n) is 5.48. The summed E-state index contributed by atoms with van der Waals surface area (Å²) in [7, 11) is -3.70. The molecule has 29 heavy (non-hydrogen) atoms. The molecular formula is C17H17N7O4S. The highest BCUT2D eigenvalue weighted by Crippen LogP contribution is 2.38. The number of aryl methyl sites for hydroxylation is 1. The van der Waals surface area contributed by atoms with Gasteiger partial charge < -0.3 is 4.90 Å². The van der Waals surface area contributed by atoms with Crippen LogP contribution in [0.1, 0.15) is 12.2 Å². The fourth-order valence-electron chi connectivity index (χ4n) is 4.07. The summed E-state index contributed by atoms with van der Waals surface area (Å²) in [6.45, 7) is 2.88. The average Bonchev–Trinajstić information content (AvgIpc) is 3.08. The van der Waals surface area contributed by atoms with Crippen LogP contribution in [0.25, 0.3) is 5.65 Å². The highest BCUT2D eigenvalue weighted by Gasteiger charge is 2.51. The lowest BCUT2D eigenvalue weighted by atomic mass is 9.91. The summed E-state index contributed by atoms with van der Waals surface area (Å²) in [6, 6.07) is 8.41. The standard InChI is InChI=1S/C17H17N7O4S/c1-11-18-19-16-6-7-17(20-22(11)16)21-9-13-8-14(10-21)23(13)29(27,28)15-4-2-12(3-5-15)24(25)26/h2-7,13-14H,8-10H2,1H3. The van der Waals surface area contributed by atoms with Crippen molar-refractivity contribution in [3.8, 4) is 0 Å². The molecular weight excluding hydrogens is 398 g/mol. The molecule has 3 aliphatic rings. The molecule has 3 fully saturated rings. The van der Waals surface area contributed by atoms with E-state index < -0.39 is 14.9 Å². The number of nitrogens with zero attached hydrogens (tertiary/aromatic N) is 7. The van der Waals surface area contributed by atoms with Crippen LogP contribution in [0.3, 0.4) is 0 Å². The number of nitro benzene ring substituents is 1. The maximum absolute atomic E-state index is 13.0. The largest absolute Gasteiger partial charge is 0.352 e. The Hall–Kier alpha value is -3.12. The van der Waals surface area contributed by atoms with E-state index in [1.165, 1.54) is 28.6 Å². The molecule has 0 saturated carbocycles. The third-order valence-corrected chi connectivity index (χ3v) is 7.50. The monoisotopic (exact) mass is 415 g/mol. The second kappa shape index (κ2) is 6.19. The summed E-state index contributed by atoms with van der Waals surface area (Å²) < 4.78 is 29.3. The van der Waals surface area contributed by atoms with Gasteiger partial charge in [-0.2, -0.15) is 8.82 Å². The topological polar surface area (TPSA) is 127 Å². The normalized spacial score (nSPS) is 21.9. The Morgan fingerprint density at radius 1 is 1.07 bits per heavy atom. The van der Waals surface area contributed by atoms with E-state index in [2.05, 4.69) is 20.2 Å². The molecule has 0 N–H and O–H groups in total. The van der Waals surface area contributed by atoms with Crippen molar-refractivity contribution in [2.45, 2.75) is 30.3 Å². The highest BCUT2D eigenvalue weighted by atomic mass is 32.2. The van der Waals surface area contributed by atoms with Gasteiger partial charge in [-0.05, 0) is 37.6 Å². The molecule has 0 radical (unpaired) electrons. The van der Waals surface area contributed by atoms with Crippen LogP contribution in [-0.2, 0) is 10.0 Å². The molecule has 2 aromatic heterocycles. The summed E-state index contributed by atoms with van der Waals surface area (Å²) in [5, 5.41) is 23.4. The number of benzene rings is 1. The van der Waals surface area contributed by atoms with E-state index in [9.17, 15) is 18.5 Å². The number of hydrogen-bond acceptors (Lipinski definition) is 8. The fourth-order valence-corrected chi connectivity index (χ4v) is 5.89. The molecule has 5 heterocycles. The van der Waals surface area contributed by atoms with Crippen LogP contribution < -0.4 is 4.90 Å². The minimum atomic E-state index is -3.70. The smallest absolute Gasteiger partial charge is 0.269 e. The van der Waals surface area contributed by atoms with Crippen LogP contribution in [0.4, 0.5) is 11.5 Å². The van der Waals surface area contributed by atoms with Crippen LogP contribution >= 0.6 is 0 Å². The first-order valence-electron chi connectivity index (χ1n) is 9.06. The van der Waals surface area contributed by atoms with Crippen molar-refractivity contribution in [2.24, 2.45) is 0 Å². The molecule has 1 aromatic carbocycles. The van der Waals surface area contributed by atoms with Crippen molar-refractivity contribution in [1.82, 2.24) is 24.1 Å². The Kier molecular flexibility index (Phi) is 3.83. The minimum Gasteiger partial charge on any atom is -0.352 e. The fraction of sp³-hybridized carbons (Fsp3) is 0.353. The lowest BCUT2D eigenvalue weighted by Gasteiger charge is -2.55. The molecule has 11 nitrogen and oxygen atoms in total. The van der Waals surface area contributed by atoms with E-state index in [1.54, 1.807) is 4.52 Å². The zero-order valence-corrected chi connectivity index (χ0v) is 16.2. The predicted molar refractivity (Wildman–Crippen MR) is 102 cm³/mol. The molecule has 0 spiro atoms. The maximum Gasteiger partial charge on any atom is 0.269 e. The average molecular weight is 415 g/mol. The summed E-state index contributed by atoms with van der Waals surface area (Å²) >= 11 is 0. The summed E-state index contributed by atoms with van der Waals surface area (Å²) in [6.07, 6.45) is 0.788. The van der Waals surface area contributed by atoms with Gasteiger partial charge in [-0.15, -0.1) is 15.3 Å². The van der Waals surface area contributed by atoms with Gasteiger partial charge >= 0.3 is 0 Å². The highest BCUT2D eigenvalue weighted by molar-refractivity contribution is 7.89. The van der Waals surface area contributed by atoms with E-state index in [-0.39, 0.29) is 22.7 Å². The molecule has 0 aliphatic carbocycles. The maximum atomic E-state index is 13.0. The number of sulfonamides is 1. The zero-order valence-electron chi connectivity index (χ0n) is 15.4. The number of aromatic nitrogens is 4. The van der Waals surface area contributed by atoms with Crippen molar-refractivity contribution in [2.75, 3.05) is 18.0 Å². The zero-order chi connectivity index (χ0) is 20.3. The number of nitro groups is 1. The molecule has 6 rings (SSSR count). The number of piperidine rings is 1. The van der Waals surface area contributed by atoms with Gasteiger partial charge in [0.15, 0.2) is 11.5 Å². The van der Waals surface area contributed by atoms with Crippen LogP contribution in [0.15, 0.2) is 41.3 Å². The summed E-state index contributed by atoms with van der Waals surface area (Å²) in [5.41, 5.74) is 0.528. The van der Waals surface area contributed by atoms with Crippen molar-refractivity contribution >= 4 is 27.2 Å². The molecule has 3 saturated heterocycles. The number of piperazine rings is 1. The molecule has 2 atom stereocenters. The molecule has 12 heteroatoms. The van der Waals surface area contributed by atoms with Gasteiger partial charge in [0.1, 0.15) is 5.82 Å². The van der Waals surface area contributed by atoms with Gasteiger partial charge in [0, 0.05) is 37.3 Å². The number of anilines is 1. The Labute approximate surface area is 165 Å². The number of rotatable bonds is 4. The van der Waals surface area contributed by atoms with Crippen LogP contribution in [0, 0.1) is 17.0 Å². The first-order valence-corrected chi connectivity index (χ1v) is 10.5. The summed E-state index contributed by atoms with van der Waals surface area (Å²) in [5.74, 6) is 1.44. The van der Waals surface area contributed by atoms with Gasteiger partial charge in [0.25, 0.3) is 5.69 Å². The van der Waals surface area contributed by atoms with E-state index in [4.69, 9.17) is 0 Å². The Morgan fingerprint density at radius 3 is 2.41 bits per heavy atom. The van der Waals surface area contributed by atoms with Crippen molar-refractivity contribution in [3.05, 3.63) is 52.3 Å². The SMILES string of the molecule is Cc1nnc2ccc(N3CC4CC(C3)N4S(=O)(=O)c3ccc([N+](=O)[O-])cc3)nn12. The molecule has 3 aliphatic heterocycles. The molecule has 2 bridgehead atoms. The van der Waals surface area contributed by atoms with Crippen LogP contribution in [0.2, 0.25) is 0 Å². The van der Waals surface area contributed by atoms with Gasteiger partial charge in [0.2, 0.25) is 10.0 Å². The lowest BCUT2D eigenvalue weighted by molar-refractivity contribution is -0.384. The Morgan fingerprint density at radius 2 is 1.76 bits per heavy atom. The third kappa shape index (κ3) is 2.75. The molecule has 2 unspecified atom stereocenters. The van der Waals surface area contributed by atoms with E-state index in [1.807, 2.05) is 19.1 Å². The predicted octanol–water partition coefficient (Wildman–Crippen LogP) is 0.993. The second-order valence-electron chi connectivity index (χ2n) is 7.24. The van der Waals surface area contributed by atoms with E-state index >= 15 is 0 Å².